The van der Waals surface area contributed by atoms with Crippen LogP contribution in [0.25, 0.3) is 11.0 Å². The number of ether oxygens (including phenoxy) is 2. The van der Waals surface area contributed by atoms with Crippen molar-refractivity contribution in [3.63, 3.8) is 0 Å². The van der Waals surface area contributed by atoms with Gasteiger partial charge in [0.1, 0.15) is 11.3 Å². The molecule has 0 N–H and O–H groups in total. The Morgan fingerprint density at radius 3 is 2.59 bits per heavy atom. The molecule has 2 aromatic rings. The third-order valence-corrected chi connectivity index (χ3v) is 5.43. The second-order valence-electron chi connectivity index (χ2n) is 7.21. The van der Waals surface area contributed by atoms with Crippen LogP contribution < -0.4 is 4.74 Å². The van der Waals surface area contributed by atoms with Crippen LogP contribution >= 0.6 is 0 Å². The van der Waals surface area contributed by atoms with Crippen LogP contribution in [0.2, 0.25) is 0 Å². The predicted octanol–water partition coefficient (Wildman–Crippen LogP) is 4.09. The van der Waals surface area contributed by atoms with Gasteiger partial charge >= 0.3 is 5.97 Å². The normalized spacial score (nSPS) is 16.1. The number of hydrogen-bond donors (Lipinski definition) is 0. The molecular weight excluding hydrogens is 346 g/mol. The Morgan fingerprint density at radius 2 is 1.93 bits per heavy atom. The summed E-state index contributed by atoms with van der Waals surface area (Å²) in [6.45, 7) is 3.41. The van der Waals surface area contributed by atoms with Crippen molar-refractivity contribution in [3.05, 3.63) is 29.5 Å². The van der Waals surface area contributed by atoms with E-state index < -0.39 is 12.1 Å². The van der Waals surface area contributed by atoms with E-state index in [1.165, 1.54) is 6.42 Å². The minimum atomic E-state index is -0.855. The average Bonchev–Trinajstić information content (AvgIpc) is 3.03. The maximum absolute atomic E-state index is 12.7. The lowest BCUT2D eigenvalue weighted by atomic mass is 9.94. The number of hydrogen-bond acceptors (Lipinski definition) is 5. The number of nitrogens with zero attached hydrogens (tertiary/aromatic N) is 1. The van der Waals surface area contributed by atoms with Crippen LogP contribution in [0.4, 0.5) is 0 Å². The zero-order valence-electron chi connectivity index (χ0n) is 16.4. The number of rotatable bonds is 5. The third kappa shape index (κ3) is 3.94. The summed E-state index contributed by atoms with van der Waals surface area (Å²) in [6.07, 6.45) is 4.66. The SMILES string of the molecule is COc1ccc2oc(C(=O)O[C@@H](C)C(=O)N(C)C3CCCCC3)c(C)c2c1. The highest BCUT2D eigenvalue weighted by atomic mass is 16.6. The topological polar surface area (TPSA) is 69.0 Å². The molecule has 3 rings (SSSR count). The fraction of sp³-hybridized carbons (Fsp3) is 0.524. The molecule has 0 unspecified atom stereocenters. The van der Waals surface area contributed by atoms with Gasteiger partial charge < -0.3 is 18.8 Å². The Kier molecular flexibility index (Phi) is 5.73. The van der Waals surface area contributed by atoms with Crippen molar-refractivity contribution in [1.29, 1.82) is 0 Å². The van der Waals surface area contributed by atoms with E-state index in [2.05, 4.69) is 0 Å². The lowest BCUT2D eigenvalue weighted by molar-refractivity contribution is -0.141. The van der Waals surface area contributed by atoms with Crippen LogP contribution in [0, 0.1) is 6.92 Å². The van der Waals surface area contributed by atoms with E-state index in [1.54, 1.807) is 45.0 Å². The van der Waals surface area contributed by atoms with Crippen LogP contribution in [-0.4, -0.2) is 43.1 Å². The number of benzene rings is 1. The summed E-state index contributed by atoms with van der Waals surface area (Å²) in [6, 6.07) is 5.57. The lowest BCUT2D eigenvalue weighted by Crippen LogP contribution is -2.44. The quantitative estimate of drug-likeness (QED) is 0.739. The monoisotopic (exact) mass is 373 g/mol. The molecule has 1 aliphatic carbocycles. The summed E-state index contributed by atoms with van der Waals surface area (Å²) in [5.74, 6) is 0.00781. The van der Waals surface area contributed by atoms with Crippen molar-refractivity contribution < 1.29 is 23.5 Å². The van der Waals surface area contributed by atoms with E-state index in [0.717, 1.165) is 31.1 Å². The maximum atomic E-state index is 12.7. The van der Waals surface area contributed by atoms with E-state index in [4.69, 9.17) is 13.9 Å². The number of esters is 1. The second kappa shape index (κ2) is 8.03. The molecule has 1 aromatic heterocycles. The van der Waals surface area contributed by atoms with Crippen LogP contribution in [0.15, 0.2) is 22.6 Å². The Morgan fingerprint density at radius 1 is 1.22 bits per heavy atom. The molecule has 1 aromatic carbocycles. The first-order valence-corrected chi connectivity index (χ1v) is 9.47. The zero-order chi connectivity index (χ0) is 19.6. The van der Waals surface area contributed by atoms with Gasteiger partial charge in [-0.1, -0.05) is 19.3 Å². The number of likely N-dealkylation sites (N-methyl/N-ethyl adjacent to an activating group) is 1. The number of amides is 1. The van der Waals surface area contributed by atoms with E-state index in [-0.39, 0.29) is 17.7 Å². The van der Waals surface area contributed by atoms with E-state index in [9.17, 15) is 9.59 Å². The molecule has 0 bridgehead atoms. The van der Waals surface area contributed by atoms with Crippen molar-refractivity contribution in [2.45, 2.75) is 58.1 Å². The molecule has 6 heteroatoms. The maximum Gasteiger partial charge on any atom is 0.375 e. The van der Waals surface area contributed by atoms with Gasteiger partial charge in [-0.15, -0.1) is 0 Å². The van der Waals surface area contributed by atoms with Crippen molar-refractivity contribution >= 4 is 22.8 Å². The highest BCUT2D eigenvalue weighted by Crippen LogP contribution is 2.29. The summed E-state index contributed by atoms with van der Waals surface area (Å²) >= 11 is 0. The minimum Gasteiger partial charge on any atom is -0.497 e. The summed E-state index contributed by atoms with van der Waals surface area (Å²) in [4.78, 5) is 27.0. The fourth-order valence-electron chi connectivity index (χ4n) is 3.72. The Labute approximate surface area is 159 Å². The van der Waals surface area contributed by atoms with Gasteiger partial charge in [0.05, 0.1) is 7.11 Å². The molecule has 0 spiro atoms. The first-order valence-electron chi connectivity index (χ1n) is 9.47. The average molecular weight is 373 g/mol. The zero-order valence-corrected chi connectivity index (χ0v) is 16.4. The van der Waals surface area contributed by atoms with Crippen molar-refractivity contribution in [2.24, 2.45) is 0 Å². The lowest BCUT2D eigenvalue weighted by Gasteiger charge is -2.32. The number of carbonyl (C=O) groups is 2. The molecule has 146 valence electrons. The van der Waals surface area contributed by atoms with Gasteiger partial charge in [-0.2, -0.15) is 0 Å². The molecule has 1 amide bonds. The largest absolute Gasteiger partial charge is 0.497 e. The molecule has 1 atom stereocenters. The Bertz CT molecular complexity index is 834. The van der Waals surface area contributed by atoms with Crippen molar-refractivity contribution in [1.82, 2.24) is 4.90 Å². The highest BCUT2D eigenvalue weighted by Gasteiger charge is 2.29. The molecule has 27 heavy (non-hydrogen) atoms. The molecule has 0 radical (unpaired) electrons. The third-order valence-electron chi connectivity index (χ3n) is 5.43. The smallest absolute Gasteiger partial charge is 0.375 e. The molecule has 0 aliphatic heterocycles. The van der Waals surface area contributed by atoms with Crippen LogP contribution in [0.5, 0.6) is 5.75 Å². The molecule has 6 nitrogen and oxygen atoms in total. The number of aryl methyl sites for hydroxylation is 1. The van der Waals surface area contributed by atoms with Crippen LogP contribution in [0.3, 0.4) is 0 Å². The molecule has 0 saturated heterocycles. The Hall–Kier alpha value is -2.50. The van der Waals surface area contributed by atoms with Crippen LogP contribution in [-0.2, 0) is 9.53 Å². The fourth-order valence-corrected chi connectivity index (χ4v) is 3.72. The summed E-state index contributed by atoms with van der Waals surface area (Å²) < 4.78 is 16.3. The van der Waals surface area contributed by atoms with E-state index in [0.29, 0.717) is 16.9 Å². The molecule has 1 aliphatic rings. The van der Waals surface area contributed by atoms with Crippen molar-refractivity contribution in [3.8, 4) is 5.75 Å². The van der Waals surface area contributed by atoms with Gasteiger partial charge in [0, 0.05) is 24.0 Å². The highest BCUT2D eigenvalue weighted by molar-refractivity contribution is 5.97. The summed E-state index contributed by atoms with van der Waals surface area (Å²) in [5.41, 5.74) is 1.26. The van der Waals surface area contributed by atoms with E-state index in [1.807, 2.05) is 6.07 Å². The second-order valence-corrected chi connectivity index (χ2v) is 7.21. The summed E-state index contributed by atoms with van der Waals surface area (Å²) in [7, 11) is 3.38. The van der Waals surface area contributed by atoms with Gasteiger partial charge in [0.2, 0.25) is 5.76 Å². The van der Waals surface area contributed by atoms with Gasteiger partial charge in [-0.3, -0.25) is 4.79 Å². The summed E-state index contributed by atoms with van der Waals surface area (Å²) in [5, 5.41) is 0.791. The number of methoxy groups -OCH3 is 1. The standard InChI is InChI=1S/C21H27NO5/c1-13-17-12-16(25-4)10-11-18(17)27-19(13)21(24)26-14(2)20(23)22(3)15-8-6-5-7-9-15/h10-12,14-15H,5-9H2,1-4H3/t14-/m0/s1. The molecule has 1 fully saturated rings. The number of furan rings is 1. The Balaban J connectivity index is 1.71. The number of fused-ring (bicyclic) bond motifs is 1. The van der Waals surface area contributed by atoms with Crippen LogP contribution in [0.1, 0.15) is 55.1 Å². The van der Waals surface area contributed by atoms with E-state index >= 15 is 0 Å². The molecule has 1 heterocycles. The van der Waals surface area contributed by atoms with Gasteiger partial charge in [0.25, 0.3) is 5.91 Å². The minimum absolute atomic E-state index is 0.123. The molecule has 1 saturated carbocycles. The first kappa shape index (κ1) is 19.3. The van der Waals surface area contributed by atoms with Crippen molar-refractivity contribution in [2.75, 3.05) is 14.2 Å². The van der Waals surface area contributed by atoms with Gasteiger partial charge in [-0.05, 0) is 44.9 Å². The van der Waals surface area contributed by atoms with Gasteiger partial charge in [0.15, 0.2) is 6.10 Å². The number of carbonyl (C=O) groups excluding carboxylic acids is 2. The first-order chi connectivity index (χ1) is 12.9. The molecular formula is C21H27NO5. The predicted molar refractivity (Wildman–Crippen MR) is 102 cm³/mol. The van der Waals surface area contributed by atoms with Gasteiger partial charge in [-0.25, -0.2) is 4.79 Å².